The molecular weight excluding hydrogens is 318 g/mol. The number of aryl methyl sites for hydroxylation is 1. The Morgan fingerprint density at radius 1 is 1.35 bits per heavy atom. The van der Waals surface area contributed by atoms with Crippen LogP contribution in [0.3, 0.4) is 0 Å². The van der Waals surface area contributed by atoms with Gasteiger partial charge in [-0.05, 0) is 62.3 Å². The van der Waals surface area contributed by atoms with Crippen LogP contribution in [0.15, 0.2) is 22.7 Å². The van der Waals surface area contributed by atoms with Crippen molar-refractivity contribution in [3.8, 4) is 0 Å². The molecule has 0 radical (unpaired) electrons. The number of hydrogen-bond acceptors (Lipinski definition) is 2. The van der Waals surface area contributed by atoms with E-state index >= 15 is 0 Å². The van der Waals surface area contributed by atoms with E-state index < -0.39 is 5.97 Å². The van der Waals surface area contributed by atoms with Gasteiger partial charge in [-0.25, -0.2) is 0 Å². The summed E-state index contributed by atoms with van der Waals surface area (Å²) in [6.07, 6.45) is 3.71. The highest BCUT2D eigenvalue weighted by Gasteiger charge is 2.25. The predicted octanol–water partition coefficient (Wildman–Crippen LogP) is 3.74. The molecule has 0 atom stereocenters. The number of hydrogen-bond donors (Lipinski definition) is 2. The fraction of sp³-hybridized carbons (Fsp3) is 0.562. The normalized spacial score (nSPS) is 22.7. The third kappa shape index (κ3) is 4.32. The van der Waals surface area contributed by atoms with E-state index in [0.717, 1.165) is 43.2 Å². The van der Waals surface area contributed by atoms with Gasteiger partial charge in [0.1, 0.15) is 0 Å². The van der Waals surface area contributed by atoms with Crippen molar-refractivity contribution in [1.82, 2.24) is 5.32 Å². The molecule has 110 valence electrons. The molecule has 1 aliphatic carbocycles. The number of halogens is 1. The summed E-state index contributed by atoms with van der Waals surface area (Å²) in [7, 11) is 0. The van der Waals surface area contributed by atoms with Crippen molar-refractivity contribution in [2.45, 2.75) is 39.2 Å². The quantitative estimate of drug-likeness (QED) is 0.859. The third-order valence-electron chi connectivity index (χ3n) is 4.15. The van der Waals surface area contributed by atoms with Crippen LogP contribution in [-0.4, -0.2) is 17.6 Å². The van der Waals surface area contributed by atoms with E-state index in [9.17, 15) is 4.79 Å². The topological polar surface area (TPSA) is 49.3 Å². The molecule has 0 aliphatic heterocycles. The Labute approximate surface area is 128 Å². The van der Waals surface area contributed by atoms with Crippen molar-refractivity contribution < 1.29 is 9.90 Å². The maximum atomic E-state index is 10.9. The van der Waals surface area contributed by atoms with Gasteiger partial charge >= 0.3 is 5.97 Å². The van der Waals surface area contributed by atoms with Crippen molar-refractivity contribution >= 4 is 21.9 Å². The van der Waals surface area contributed by atoms with Crippen molar-refractivity contribution in [3.05, 3.63) is 33.8 Å². The Kier molecular flexibility index (Phi) is 5.61. The second kappa shape index (κ2) is 7.23. The molecule has 0 unspecified atom stereocenters. The molecule has 0 spiro atoms. The zero-order chi connectivity index (χ0) is 14.5. The van der Waals surface area contributed by atoms with Crippen LogP contribution in [0.5, 0.6) is 0 Å². The van der Waals surface area contributed by atoms with Gasteiger partial charge in [-0.15, -0.1) is 0 Å². The van der Waals surface area contributed by atoms with Crippen LogP contribution in [0, 0.1) is 18.8 Å². The molecule has 2 N–H and O–H groups in total. The highest BCUT2D eigenvalue weighted by molar-refractivity contribution is 9.10. The molecule has 0 heterocycles. The molecule has 1 aromatic carbocycles. The van der Waals surface area contributed by atoms with Gasteiger partial charge in [0.2, 0.25) is 0 Å². The molecule has 0 saturated heterocycles. The van der Waals surface area contributed by atoms with Gasteiger partial charge in [-0.1, -0.05) is 28.1 Å². The summed E-state index contributed by atoms with van der Waals surface area (Å²) in [5.41, 5.74) is 2.53. The second-order valence-corrected chi connectivity index (χ2v) is 6.64. The summed E-state index contributed by atoms with van der Waals surface area (Å²) >= 11 is 3.59. The number of nitrogens with one attached hydrogen (secondary N) is 1. The summed E-state index contributed by atoms with van der Waals surface area (Å²) in [6.45, 7) is 3.93. The van der Waals surface area contributed by atoms with E-state index in [1.807, 2.05) is 0 Å². The minimum absolute atomic E-state index is 0.113. The number of aliphatic carboxylic acids is 1. The largest absolute Gasteiger partial charge is 0.481 e. The molecule has 1 fully saturated rings. The maximum Gasteiger partial charge on any atom is 0.306 e. The maximum absolute atomic E-state index is 10.9. The highest BCUT2D eigenvalue weighted by Crippen LogP contribution is 2.28. The fourth-order valence-corrected chi connectivity index (χ4v) is 3.45. The minimum Gasteiger partial charge on any atom is -0.481 e. The summed E-state index contributed by atoms with van der Waals surface area (Å²) in [6, 6.07) is 6.41. The monoisotopic (exact) mass is 339 g/mol. The van der Waals surface area contributed by atoms with Gasteiger partial charge in [-0.3, -0.25) is 4.79 Å². The van der Waals surface area contributed by atoms with E-state index in [0.29, 0.717) is 5.92 Å². The molecule has 1 aromatic rings. The molecular formula is C16H22BrNO2. The smallest absolute Gasteiger partial charge is 0.306 e. The lowest BCUT2D eigenvalue weighted by Crippen LogP contribution is -2.28. The molecule has 4 heteroatoms. The zero-order valence-corrected chi connectivity index (χ0v) is 13.4. The molecule has 0 aromatic heterocycles. The van der Waals surface area contributed by atoms with Crippen molar-refractivity contribution in [3.63, 3.8) is 0 Å². The van der Waals surface area contributed by atoms with E-state index in [1.54, 1.807) is 0 Å². The molecule has 1 aliphatic rings. The number of carboxylic acid groups (broad SMARTS) is 1. The molecule has 20 heavy (non-hydrogen) atoms. The highest BCUT2D eigenvalue weighted by atomic mass is 79.9. The second-order valence-electron chi connectivity index (χ2n) is 5.78. The predicted molar refractivity (Wildman–Crippen MR) is 83.7 cm³/mol. The average Bonchev–Trinajstić information content (AvgIpc) is 2.42. The Balaban J connectivity index is 1.73. The van der Waals surface area contributed by atoms with E-state index in [2.05, 4.69) is 46.4 Å². The summed E-state index contributed by atoms with van der Waals surface area (Å²) < 4.78 is 1.15. The molecule has 2 rings (SSSR count). The van der Waals surface area contributed by atoms with Crippen LogP contribution in [0.4, 0.5) is 0 Å². The molecule has 3 nitrogen and oxygen atoms in total. The number of carboxylic acids is 1. The van der Waals surface area contributed by atoms with Crippen molar-refractivity contribution in [2.75, 3.05) is 6.54 Å². The number of carbonyl (C=O) groups is 1. The van der Waals surface area contributed by atoms with Crippen LogP contribution in [-0.2, 0) is 11.3 Å². The van der Waals surface area contributed by atoms with Crippen LogP contribution >= 0.6 is 15.9 Å². The molecule has 1 saturated carbocycles. The summed E-state index contributed by atoms with van der Waals surface area (Å²) in [5.74, 6) is -0.118. The van der Waals surface area contributed by atoms with Crippen LogP contribution in [0.25, 0.3) is 0 Å². The van der Waals surface area contributed by atoms with Gasteiger partial charge in [0.05, 0.1) is 5.92 Å². The summed E-state index contributed by atoms with van der Waals surface area (Å²) in [4.78, 5) is 10.9. The standard InChI is InChI=1S/C16H22BrNO2/c1-11-2-5-14(15(17)8-11)10-18-9-12-3-6-13(7-4-12)16(19)20/h2,5,8,12-13,18H,3-4,6-7,9-10H2,1H3,(H,19,20). The first-order valence-electron chi connectivity index (χ1n) is 7.25. The number of rotatable bonds is 5. The Morgan fingerprint density at radius 2 is 2.05 bits per heavy atom. The van der Waals surface area contributed by atoms with Crippen LogP contribution < -0.4 is 5.32 Å². The number of benzene rings is 1. The first-order valence-corrected chi connectivity index (χ1v) is 8.04. The first kappa shape index (κ1) is 15.5. The lowest BCUT2D eigenvalue weighted by molar-refractivity contribution is -0.143. The van der Waals surface area contributed by atoms with E-state index in [1.165, 1.54) is 11.1 Å². The lowest BCUT2D eigenvalue weighted by atomic mass is 9.82. The van der Waals surface area contributed by atoms with Crippen molar-refractivity contribution in [2.24, 2.45) is 11.8 Å². The Hall–Kier alpha value is -0.870. The van der Waals surface area contributed by atoms with Gasteiger partial charge in [0.15, 0.2) is 0 Å². The third-order valence-corrected chi connectivity index (χ3v) is 4.89. The SMILES string of the molecule is Cc1ccc(CNCC2CCC(C(=O)O)CC2)c(Br)c1. The van der Waals surface area contributed by atoms with Crippen LogP contribution in [0.2, 0.25) is 0 Å². The average molecular weight is 340 g/mol. The lowest BCUT2D eigenvalue weighted by Gasteiger charge is -2.26. The van der Waals surface area contributed by atoms with Crippen molar-refractivity contribution in [1.29, 1.82) is 0 Å². The van der Waals surface area contributed by atoms with Gasteiger partial charge < -0.3 is 10.4 Å². The van der Waals surface area contributed by atoms with Gasteiger partial charge in [0.25, 0.3) is 0 Å². The van der Waals surface area contributed by atoms with E-state index in [-0.39, 0.29) is 5.92 Å². The van der Waals surface area contributed by atoms with Crippen LogP contribution in [0.1, 0.15) is 36.8 Å². The first-order chi connectivity index (χ1) is 9.56. The van der Waals surface area contributed by atoms with Gasteiger partial charge in [0, 0.05) is 11.0 Å². The summed E-state index contributed by atoms with van der Waals surface area (Å²) in [5, 5.41) is 12.5. The Morgan fingerprint density at radius 3 is 2.65 bits per heavy atom. The fourth-order valence-electron chi connectivity index (χ4n) is 2.82. The van der Waals surface area contributed by atoms with Gasteiger partial charge in [-0.2, -0.15) is 0 Å². The van der Waals surface area contributed by atoms with E-state index in [4.69, 9.17) is 5.11 Å². The minimum atomic E-state index is -0.625. The molecule has 0 bridgehead atoms. The zero-order valence-electron chi connectivity index (χ0n) is 11.9. The Bertz CT molecular complexity index is 468. The molecule has 0 amide bonds.